The monoisotopic (exact) mass is 417 g/mol. The summed E-state index contributed by atoms with van der Waals surface area (Å²) in [5.74, 6) is 1.45. The summed E-state index contributed by atoms with van der Waals surface area (Å²) in [4.78, 5) is 21.5. The molecule has 2 aromatic carbocycles. The van der Waals surface area contributed by atoms with Crippen molar-refractivity contribution in [2.75, 3.05) is 33.3 Å². The van der Waals surface area contributed by atoms with E-state index in [2.05, 4.69) is 16.0 Å². The lowest BCUT2D eigenvalue weighted by Gasteiger charge is -2.34. The van der Waals surface area contributed by atoms with Crippen molar-refractivity contribution in [1.82, 2.24) is 14.8 Å². The molecular formula is C25H27N3O3. The van der Waals surface area contributed by atoms with E-state index in [0.29, 0.717) is 23.7 Å². The van der Waals surface area contributed by atoms with Gasteiger partial charge in [0.05, 0.1) is 7.11 Å². The maximum Gasteiger partial charge on any atom is 0.253 e. The lowest BCUT2D eigenvalue weighted by Crippen LogP contribution is -2.48. The van der Waals surface area contributed by atoms with Crippen LogP contribution in [0, 0.1) is 0 Å². The first-order valence-electron chi connectivity index (χ1n) is 10.5. The summed E-state index contributed by atoms with van der Waals surface area (Å²) < 4.78 is 11.2. The summed E-state index contributed by atoms with van der Waals surface area (Å²) in [7, 11) is 1.62. The molecule has 31 heavy (non-hydrogen) atoms. The number of ether oxygens (including phenoxy) is 2. The fourth-order valence-electron chi connectivity index (χ4n) is 3.73. The number of hydrogen-bond acceptors (Lipinski definition) is 5. The number of carbonyl (C=O) groups is 1. The molecule has 0 aliphatic carbocycles. The molecule has 2 heterocycles. The Bertz CT molecular complexity index is 1000. The van der Waals surface area contributed by atoms with E-state index in [9.17, 15) is 4.79 Å². The summed E-state index contributed by atoms with van der Waals surface area (Å²) >= 11 is 0. The van der Waals surface area contributed by atoms with Gasteiger partial charge in [-0.05, 0) is 41.5 Å². The molecule has 6 heteroatoms. The Morgan fingerprint density at radius 3 is 2.45 bits per heavy atom. The highest BCUT2D eigenvalue weighted by atomic mass is 16.5. The van der Waals surface area contributed by atoms with Crippen LogP contribution in [0.25, 0.3) is 0 Å². The molecule has 0 saturated carbocycles. The van der Waals surface area contributed by atoms with Crippen LogP contribution in [0.15, 0.2) is 73.1 Å². The predicted molar refractivity (Wildman–Crippen MR) is 119 cm³/mol. The van der Waals surface area contributed by atoms with Gasteiger partial charge in [-0.25, -0.2) is 0 Å². The molecule has 0 spiro atoms. The first-order chi connectivity index (χ1) is 15.2. The average Bonchev–Trinajstić information content (AvgIpc) is 2.84. The Labute approximate surface area is 183 Å². The first kappa shape index (κ1) is 20.9. The number of aromatic nitrogens is 1. The van der Waals surface area contributed by atoms with Crippen LogP contribution in [0.1, 0.15) is 21.5 Å². The van der Waals surface area contributed by atoms with E-state index >= 15 is 0 Å². The van der Waals surface area contributed by atoms with Gasteiger partial charge in [0.15, 0.2) is 11.5 Å². The van der Waals surface area contributed by atoms with Gasteiger partial charge >= 0.3 is 0 Å². The molecule has 1 aliphatic rings. The third kappa shape index (κ3) is 5.41. The van der Waals surface area contributed by atoms with E-state index in [-0.39, 0.29) is 5.91 Å². The highest BCUT2D eigenvalue weighted by Crippen LogP contribution is 2.26. The Balaban J connectivity index is 1.33. The average molecular weight is 418 g/mol. The Morgan fingerprint density at radius 1 is 0.935 bits per heavy atom. The fraction of sp³-hybridized carbons (Fsp3) is 0.280. The molecule has 1 aromatic heterocycles. The molecule has 0 bridgehead atoms. The number of carbonyl (C=O) groups excluding carboxylic acids is 1. The fourth-order valence-corrected chi connectivity index (χ4v) is 3.73. The highest BCUT2D eigenvalue weighted by molar-refractivity contribution is 5.94. The van der Waals surface area contributed by atoms with Crippen molar-refractivity contribution in [3.05, 3.63) is 89.7 Å². The second-order valence-electron chi connectivity index (χ2n) is 7.57. The van der Waals surface area contributed by atoms with E-state index in [1.807, 2.05) is 65.7 Å². The Kier molecular flexibility index (Phi) is 6.79. The van der Waals surface area contributed by atoms with Gasteiger partial charge in [-0.15, -0.1) is 0 Å². The number of methoxy groups -OCH3 is 1. The van der Waals surface area contributed by atoms with Gasteiger partial charge < -0.3 is 14.4 Å². The van der Waals surface area contributed by atoms with Crippen LogP contribution in [0.4, 0.5) is 0 Å². The number of hydrogen-bond donors (Lipinski definition) is 0. The number of para-hydroxylation sites is 2. The van der Waals surface area contributed by atoms with E-state index in [1.54, 1.807) is 13.3 Å². The molecule has 3 aromatic rings. The molecule has 0 radical (unpaired) electrons. The number of rotatable bonds is 7. The second kappa shape index (κ2) is 10.1. The van der Waals surface area contributed by atoms with Gasteiger partial charge in [-0.1, -0.05) is 30.3 Å². The largest absolute Gasteiger partial charge is 0.493 e. The minimum absolute atomic E-state index is 0.0696. The van der Waals surface area contributed by atoms with Gasteiger partial charge in [-0.3, -0.25) is 14.7 Å². The van der Waals surface area contributed by atoms with Gasteiger partial charge in [-0.2, -0.15) is 0 Å². The van der Waals surface area contributed by atoms with Crippen molar-refractivity contribution >= 4 is 5.91 Å². The smallest absolute Gasteiger partial charge is 0.253 e. The molecule has 4 rings (SSSR count). The molecule has 1 fully saturated rings. The molecule has 160 valence electrons. The van der Waals surface area contributed by atoms with Crippen molar-refractivity contribution in [1.29, 1.82) is 0 Å². The molecular weight excluding hydrogens is 390 g/mol. The van der Waals surface area contributed by atoms with Crippen LogP contribution in [-0.2, 0) is 13.2 Å². The van der Waals surface area contributed by atoms with E-state index < -0.39 is 0 Å². The maximum atomic E-state index is 13.0. The maximum absolute atomic E-state index is 13.0. The summed E-state index contributed by atoms with van der Waals surface area (Å²) in [6.45, 7) is 4.41. The zero-order valence-electron chi connectivity index (χ0n) is 17.7. The van der Waals surface area contributed by atoms with E-state index in [4.69, 9.17) is 9.47 Å². The van der Waals surface area contributed by atoms with Gasteiger partial charge in [0, 0.05) is 50.7 Å². The summed E-state index contributed by atoms with van der Waals surface area (Å²) in [5.41, 5.74) is 2.85. The predicted octanol–water partition coefficient (Wildman–Crippen LogP) is 3.63. The van der Waals surface area contributed by atoms with Crippen molar-refractivity contribution < 1.29 is 14.3 Å². The minimum atomic E-state index is 0.0696. The van der Waals surface area contributed by atoms with E-state index in [0.717, 1.165) is 38.3 Å². The summed E-state index contributed by atoms with van der Waals surface area (Å²) in [6.07, 6.45) is 3.69. The number of amides is 1. The van der Waals surface area contributed by atoms with Crippen LogP contribution < -0.4 is 9.47 Å². The van der Waals surface area contributed by atoms with Crippen molar-refractivity contribution in [2.45, 2.75) is 13.2 Å². The standard InChI is InChI=1S/C25H27N3O3/c1-30-23-9-2-3-10-24(23)31-19-20-6-4-8-22(16-20)25(29)28-14-12-27(13-15-28)18-21-7-5-11-26-17-21/h2-11,16-17H,12-15,18-19H2,1H3. The summed E-state index contributed by atoms with van der Waals surface area (Å²) in [5, 5.41) is 0. The molecule has 6 nitrogen and oxygen atoms in total. The molecule has 0 unspecified atom stereocenters. The van der Waals surface area contributed by atoms with Crippen LogP contribution in [0.2, 0.25) is 0 Å². The van der Waals surface area contributed by atoms with Crippen molar-refractivity contribution in [3.63, 3.8) is 0 Å². The van der Waals surface area contributed by atoms with Crippen LogP contribution in [-0.4, -0.2) is 54.0 Å². The van der Waals surface area contributed by atoms with Crippen molar-refractivity contribution in [3.8, 4) is 11.5 Å². The van der Waals surface area contributed by atoms with Crippen LogP contribution in [0.5, 0.6) is 11.5 Å². The lowest BCUT2D eigenvalue weighted by atomic mass is 10.1. The minimum Gasteiger partial charge on any atom is -0.493 e. The quantitative estimate of drug-likeness (QED) is 0.588. The molecule has 0 atom stereocenters. The highest BCUT2D eigenvalue weighted by Gasteiger charge is 2.22. The lowest BCUT2D eigenvalue weighted by molar-refractivity contribution is 0.0628. The molecule has 1 amide bonds. The van der Waals surface area contributed by atoms with Gasteiger partial charge in [0.1, 0.15) is 6.61 Å². The molecule has 1 saturated heterocycles. The van der Waals surface area contributed by atoms with Gasteiger partial charge in [0.2, 0.25) is 0 Å². The zero-order valence-corrected chi connectivity index (χ0v) is 17.7. The third-order valence-electron chi connectivity index (χ3n) is 5.43. The number of benzene rings is 2. The SMILES string of the molecule is COc1ccccc1OCc1cccc(C(=O)N2CCN(Cc3cccnc3)CC2)c1. The topological polar surface area (TPSA) is 54.9 Å². The van der Waals surface area contributed by atoms with Gasteiger partial charge in [0.25, 0.3) is 5.91 Å². The zero-order chi connectivity index (χ0) is 21.5. The molecule has 1 aliphatic heterocycles. The first-order valence-corrected chi connectivity index (χ1v) is 10.5. The van der Waals surface area contributed by atoms with Crippen LogP contribution in [0.3, 0.4) is 0 Å². The third-order valence-corrected chi connectivity index (χ3v) is 5.43. The van der Waals surface area contributed by atoms with Crippen LogP contribution >= 0.6 is 0 Å². The van der Waals surface area contributed by atoms with E-state index in [1.165, 1.54) is 5.56 Å². The number of pyridine rings is 1. The number of piperazine rings is 1. The summed E-state index contributed by atoms with van der Waals surface area (Å²) in [6, 6.07) is 19.3. The van der Waals surface area contributed by atoms with Crippen molar-refractivity contribution in [2.24, 2.45) is 0 Å². The Hall–Kier alpha value is -3.38. The molecule has 0 N–H and O–H groups in total. The second-order valence-corrected chi connectivity index (χ2v) is 7.57. The number of nitrogens with zero attached hydrogens (tertiary/aromatic N) is 3. The normalized spacial score (nSPS) is 14.3. The Morgan fingerprint density at radius 2 is 1.71 bits per heavy atom.